The summed E-state index contributed by atoms with van der Waals surface area (Å²) in [6.07, 6.45) is 1.92. The molecular weight excluding hydrogens is 184 g/mol. The summed E-state index contributed by atoms with van der Waals surface area (Å²) in [6, 6.07) is 0. The number of aliphatic hydroxyl groups excluding tert-OH is 1. The van der Waals surface area contributed by atoms with Crippen LogP contribution in [0.3, 0.4) is 0 Å². The van der Waals surface area contributed by atoms with Crippen LogP contribution in [0.5, 0.6) is 0 Å². The first-order chi connectivity index (χ1) is 6.71. The second-order valence-corrected chi connectivity index (χ2v) is 3.82. The molecule has 3 atom stereocenters. The van der Waals surface area contributed by atoms with E-state index in [1.165, 1.54) is 0 Å². The largest absolute Gasteiger partial charge is 0.393 e. The number of hydrogen-bond acceptors (Lipinski definition) is 4. The van der Waals surface area contributed by atoms with E-state index in [0.717, 1.165) is 12.8 Å². The lowest BCUT2D eigenvalue weighted by molar-refractivity contribution is -0.163. The van der Waals surface area contributed by atoms with E-state index in [-0.39, 0.29) is 24.4 Å². The van der Waals surface area contributed by atoms with E-state index in [1.807, 2.05) is 0 Å². The molecule has 0 heterocycles. The molecule has 0 spiro atoms. The molecule has 1 fully saturated rings. The lowest BCUT2D eigenvalue weighted by Gasteiger charge is -2.34. The molecule has 0 bridgehead atoms. The third kappa shape index (κ3) is 2.92. The Morgan fingerprint density at radius 3 is 2.21 bits per heavy atom. The van der Waals surface area contributed by atoms with Crippen LogP contribution in [0.25, 0.3) is 0 Å². The van der Waals surface area contributed by atoms with Gasteiger partial charge in [-0.25, -0.2) is 0 Å². The van der Waals surface area contributed by atoms with Crippen molar-refractivity contribution in [3.05, 3.63) is 0 Å². The van der Waals surface area contributed by atoms with Gasteiger partial charge < -0.3 is 19.3 Å². The van der Waals surface area contributed by atoms with Gasteiger partial charge in [0.2, 0.25) is 0 Å². The molecule has 0 amide bonds. The van der Waals surface area contributed by atoms with Gasteiger partial charge in [-0.2, -0.15) is 0 Å². The Morgan fingerprint density at radius 1 is 1.07 bits per heavy atom. The number of aliphatic hydroxyl groups is 1. The topological polar surface area (TPSA) is 47.9 Å². The highest BCUT2D eigenvalue weighted by atomic mass is 16.7. The van der Waals surface area contributed by atoms with Crippen LogP contribution in [-0.2, 0) is 14.2 Å². The van der Waals surface area contributed by atoms with Gasteiger partial charge in [0.05, 0.1) is 12.2 Å². The summed E-state index contributed by atoms with van der Waals surface area (Å²) in [5.41, 5.74) is 0. The minimum atomic E-state index is -0.300. The van der Waals surface area contributed by atoms with Crippen molar-refractivity contribution in [2.24, 2.45) is 5.92 Å². The van der Waals surface area contributed by atoms with Crippen LogP contribution in [0.15, 0.2) is 0 Å². The predicted octanol–water partition coefficient (Wildman–Crippen LogP) is 0.781. The fraction of sp³-hybridized carbons (Fsp3) is 1.00. The molecule has 1 rings (SSSR count). The molecular formula is C10H20O4. The molecule has 0 aromatic heterocycles. The first-order valence-corrected chi connectivity index (χ1v) is 4.97. The Kier molecular flexibility index (Phi) is 4.81. The van der Waals surface area contributed by atoms with Crippen molar-refractivity contribution >= 4 is 0 Å². The van der Waals surface area contributed by atoms with Crippen molar-refractivity contribution < 1.29 is 19.3 Å². The van der Waals surface area contributed by atoms with Crippen molar-refractivity contribution in [2.75, 3.05) is 21.3 Å². The third-order valence-electron chi connectivity index (χ3n) is 2.86. The molecule has 0 radical (unpaired) electrons. The Balaban J connectivity index is 2.51. The lowest BCUT2D eigenvalue weighted by atomic mass is 9.85. The molecule has 1 aliphatic rings. The van der Waals surface area contributed by atoms with Gasteiger partial charge in [0.25, 0.3) is 0 Å². The fourth-order valence-corrected chi connectivity index (χ4v) is 2.18. The fourth-order valence-electron chi connectivity index (χ4n) is 2.18. The average Bonchev–Trinajstić information content (AvgIpc) is 2.19. The van der Waals surface area contributed by atoms with E-state index < -0.39 is 0 Å². The van der Waals surface area contributed by atoms with E-state index in [1.54, 1.807) is 21.3 Å². The van der Waals surface area contributed by atoms with Crippen LogP contribution >= 0.6 is 0 Å². The Morgan fingerprint density at radius 2 is 1.71 bits per heavy atom. The Labute approximate surface area is 85.2 Å². The SMILES string of the molecule is COC1CC(O)CC(C(OC)OC)C1. The lowest BCUT2D eigenvalue weighted by Crippen LogP contribution is -2.38. The van der Waals surface area contributed by atoms with Gasteiger partial charge in [-0.05, 0) is 19.3 Å². The van der Waals surface area contributed by atoms with E-state index >= 15 is 0 Å². The van der Waals surface area contributed by atoms with Crippen LogP contribution in [0.1, 0.15) is 19.3 Å². The predicted molar refractivity (Wildman–Crippen MR) is 52.0 cm³/mol. The van der Waals surface area contributed by atoms with Gasteiger partial charge in [-0.1, -0.05) is 0 Å². The zero-order valence-corrected chi connectivity index (χ0v) is 9.10. The summed E-state index contributed by atoms with van der Waals surface area (Å²) in [4.78, 5) is 0. The van der Waals surface area contributed by atoms with Crippen molar-refractivity contribution in [3.8, 4) is 0 Å². The van der Waals surface area contributed by atoms with Crippen LogP contribution in [0.2, 0.25) is 0 Å². The van der Waals surface area contributed by atoms with Crippen molar-refractivity contribution in [2.45, 2.75) is 37.8 Å². The number of ether oxygens (including phenoxy) is 3. The van der Waals surface area contributed by atoms with Gasteiger partial charge in [-0.3, -0.25) is 0 Å². The van der Waals surface area contributed by atoms with Crippen LogP contribution in [0, 0.1) is 5.92 Å². The highest BCUT2D eigenvalue weighted by Crippen LogP contribution is 2.30. The molecule has 84 valence electrons. The smallest absolute Gasteiger partial charge is 0.159 e. The van der Waals surface area contributed by atoms with E-state index in [0.29, 0.717) is 6.42 Å². The second kappa shape index (κ2) is 5.66. The quantitative estimate of drug-likeness (QED) is 0.687. The first-order valence-electron chi connectivity index (χ1n) is 4.97. The third-order valence-corrected chi connectivity index (χ3v) is 2.86. The molecule has 1 aliphatic carbocycles. The zero-order valence-electron chi connectivity index (χ0n) is 9.10. The number of rotatable bonds is 4. The van der Waals surface area contributed by atoms with Gasteiger partial charge in [-0.15, -0.1) is 0 Å². The van der Waals surface area contributed by atoms with Crippen LogP contribution in [0.4, 0.5) is 0 Å². The van der Waals surface area contributed by atoms with Gasteiger partial charge in [0, 0.05) is 27.2 Å². The van der Waals surface area contributed by atoms with E-state index in [4.69, 9.17) is 14.2 Å². The van der Waals surface area contributed by atoms with Crippen molar-refractivity contribution in [3.63, 3.8) is 0 Å². The summed E-state index contributed by atoms with van der Waals surface area (Å²) in [5, 5.41) is 9.63. The molecule has 4 nitrogen and oxygen atoms in total. The van der Waals surface area contributed by atoms with Gasteiger partial charge in [0.1, 0.15) is 0 Å². The zero-order chi connectivity index (χ0) is 10.6. The van der Waals surface area contributed by atoms with Crippen molar-refractivity contribution in [1.82, 2.24) is 0 Å². The molecule has 0 aromatic rings. The second-order valence-electron chi connectivity index (χ2n) is 3.82. The minimum absolute atomic E-state index is 0.122. The van der Waals surface area contributed by atoms with E-state index in [2.05, 4.69) is 0 Å². The van der Waals surface area contributed by atoms with E-state index in [9.17, 15) is 5.11 Å². The van der Waals surface area contributed by atoms with Crippen LogP contribution < -0.4 is 0 Å². The highest BCUT2D eigenvalue weighted by molar-refractivity contribution is 4.80. The summed E-state index contributed by atoms with van der Waals surface area (Å²) < 4.78 is 15.6. The molecule has 0 aromatic carbocycles. The summed E-state index contributed by atoms with van der Waals surface area (Å²) in [5.74, 6) is 0.221. The molecule has 0 saturated heterocycles. The summed E-state index contributed by atoms with van der Waals surface area (Å²) >= 11 is 0. The maximum atomic E-state index is 9.63. The maximum absolute atomic E-state index is 9.63. The standard InChI is InChI=1S/C10H20O4/c1-12-9-5-7(4-8(11)6-9)10(13-2)14-3/h7-11H,4-6H2,1-3H3. The number of methoxy groups -OCH3 is 3. The summed E-state index contributed by atoms with van der Waals surface area (Å²) in [7, 11) is 4.92. The average molecular weight is 204 g/mol. The highest BCUT2D eigenvalue weighted by Gasteiger charge is 2.32. The Hall–Kier alpha value is -0.160. The van der Waals surface area contributed by atoms with Crippen molar-refractivity contribution in [1.29, 1.82) is 0 Å². The maximum Gasteiger partial charge on any atom is 0.159 e. The Bertz CT molecular complexity index is 158. The summed E-state index contributed by atoms with van der Waals surface area (Å²) in [6.45, 7) is 0. The van der Waals surface area contributed by atoms with Crippen LogP contribution in [-0.4, -0.2) is 44.9 Å². The monoisotopic (exact) mass is 204 g/mol. The first kappa shape index (κ1) is 11.9. The normalized spacial score (nSPS) is 33.6. The molecule has 0 aliphatic heterocycles. The number of hydrogen-bond donors (Lipinski definition) is 1. The minimum Gasteiger partial charge on any atom is -0.393 e. The molecule has 4 heteroatoms. The molecule has 1 N–H and O–H groups in total. The molecule has 14 heavy (non-hydrogen) atoms. The van der Waals surface area contributed by atoms with Gasteiger partial charge >= 0.3 is 0 Å². The molecule has 1 saturated carbocycles. The van der Waals surface area contributed by atoms with Gasteiger partial charge in [0.15, 0.2) is 6.29 Å². The molecule has 3 unspecified atom stereocenters.